The Morgan fingerprint density at radius 2 is 1.84 bits per heavy atom. The molecule has 1 heterocycles. The molecule has 1 aliphatic carbocycles. The van der Waals surface area contributed by atoms with Crippen LogP contribution >= 0.6 is 0 Å². The van der Waals surface area contributed by atoms with Crippen LogP contribution in [0.3, 0.4) is 0 Å². The van der Waals surface area contributed by atoms with E-state index >= 15 is 0 Å². The quantitative estimate of drug-likeness (QED) is 0.789. The maximum absolute atomic E-state index is 3.61. The number of likely N-dealkylation sites (N-methyl/N-ethyl adjacent to an activating group) is 1. The summed E-state index contributed by atoms with van der Waals surface area (Å²) >= 11 is 0. The van der Waals surface area contributed by atoms with Crippen LogP contribution in [0.4, 0.5) is 0 Å². The first-order valence-corrected chi connectivity index (χ1v) is 8.73. The van der Waals surface area contributed by atoms with Crippen LogP contribution in [-0.2, 0) is 0 Å². The van der Waals surface area contributed by atoms with E-state index in [9.17, 15) is 0 Å². The van der Waals surface area contributed by atoms with E-state index in [1.807, 2.05) is 0 Å². The molecule has 0 bridgehead atoms. The minimum Gasteiger partial charge on any atom is -0.315 e. The Bertz CT molecular complexity index is 235. The van der Waals surface area contributed by atoms with Gasteiger partial charge in [-0.1, -0.05) is 32.6 Å². The summed E-state index contributed by atoms with van der Waals surface area (Å²) in [7, 11) is 2.17. The third kappa shape index (κ3) is 4.75. The fraction of sp³-hybridized carbons (Fsp3) is 1.00. The summed E-state index contributed by atoms with van der Waals surface area (Å²) in [5.74, 6) is 1.95. The van der Waals surface area contributed by atoms with E-state index < -0.39 is 0 Å². The fourth-order valence-electron chi connectivity index (χ4n) is 4.22. The predicted octanol–water partition coefficient (Wildman–Crippen LogP) is 3.67. The average Bonchev–Trinajstić information content (AvgIpc) is 2.86. The Labute approximate surface area is 120 Å². The largest absolute Gasteiger partial charge is 0.315 e. The van der Waals surface area contributed by atoms with Crippen LogP contribution in [-0.4, -0.2) is 37.6 Å². The molecule has 112 valence electrons. The summed E-state index contributed by atoms with van der Waals surface area (Å²) in [4.78, 5) is 2.75. The van der Waals surface area contributed by atoms with Gasteiger partial charge in [0.2, 0.25) is 0 Å². The molecule has 1 saturated carbocycles. The second kappa shape index (κ2) is 8.26. The van der Waals surface area contributed by atoms with Crippen LogP contribution in [0.5, 0.6) is 0 Å². The third-order valence-electron chi connectivity index (χ3n) is 5.43. The SMILES string of the molecule is CCCC1CCCN(CC(NC)C2CCCC2)CC1. The second-order valence-electron chi connectivity index (χ2n) is 6.83. The molecule has 2 rings (SSSR count). The third-order valence-corrected chi connectivity index (χ3v) is 5.43. The summed E-state index contributed by atoms with van der Waals surface area (Å²) in [5.41, 5.74) is 0. The number of nitrogens with zero attached hydrogens (tertiary/aromatic N) is 1. The van der Waals surface area contributed by atoms with Crippen molar-refractivity contribution in [1.29, 1.82) is 0 Å². The zero-order valence-electron chi connectivity index (χ0n) is 13.2. The van der Waals surface area contributed by atoms with E-state index in [1.54, 1.807) is 0 Å². The summed E-state index contributed by atoms with van der Waals surface area (Å²) in [6, 6.07) is 0.741. The Morgan fingerprint density at radius 3 is 2.53 bits per heavy atom. The molecule has 0 spiro atoms. The highest BCUT2D eigenvalue weighted by Crippen LogP contribution is 2.29. The summed E-state index contributed by atoms with van der Waals surface area (Å²) in [6.45, 7) is 6.31. The van der Waals surface area contributed by atoms with Gasteiger partial charge in [0, 0.05) is 12.6 Å². The van der Waals surface area contributed by atoms with Crippen LogP contribution in [0.2, 0.25) is 0 Å². The Balaban J connectivity index is 1.77. The standard InChI is InChI=1S/C17H34N2/c1-3-7-15-8-6-12-19(13-11-15)14-17(18-2)16-9-4-5-10-16/h15-18H,3-14H2,1-2H3. The van der Waals surface area contributed by atoms with E-state index in [0.29, 0.717) is 0 Å². The van der Waals surface area contributed by atoms with Crippen molar-refractivity contribution < 1.29 is 0 Å². The molecule has 0 amide bonds. The van der Waals surface area contributed by atoms with Crippen molar-refractivity contribution in [3.8, 4) is 0 Å². The highest BCUT2D eigenvalue weighted by atomic mass is 15.1. The molecule has 1 saturated heterocycles. The van der Waals surface area contributed by atoms with Gasteiger partial charge in [-0.15, -0.1) is 0 Å². The average molecular weight is 266 g/mol. The van der Waals surface area contributed by atoms with Gasteiger partial charge in [0.05, 0.1) is 0 Å². The van der Waals surface area contributed by atoms with E-state index in [0.717, 1.165) is 17.9 Å². The summed E-state index contributed by atoms with van der Waals surface area (Å²) < 4.78 is 0. The van der Waals surface area contributed by atoms with Crippen molar-refractivity contribution >= 4 is 0 Å². The topological polar surface area (TPSA) is 15.3 Å². The maximum atomic E-state index is 3.61. The lowest BCUT2D eigenvalue weighted by molar-refractivity contribution is 0.217. The Kier molecular flexibility index (Phi) is 6.66. The van der Waals surface area contributed by atoms with Gasteiger partial charge in [-0.2, -0.15) is 0 Å². The molecule has 2 heteroatoms. The first-order chi connectivity index (χ1) is 9.33. The maximum Gasteiger partial charge on any atom is 0.0220 e. The Hall–Kier alpha value is -0.0800. The predicted molar refractivity (Wildman–Crippen MR) is 83.5 cm³/mol. The normalized spacial score (nSPS) is 28.4. The minimum absolute atomic E-state index is 0.741. The van der Waals surface area contributed by atoms with E-state index in [1.165, 1.54) is 77.4 Å². The zero-order valence-corrected chi connectivity index (χ0v) is 13.2. The number of hydrogen-bond acceptors (Lipinski definition) is 2. The molecular weight excluding hydrogens is 232 g/mol. The van der Waals surface area contributed by atoms with Crippen LogP contribution in [0, 0.1) is 11.8 Å². The van der Waals surface area contributed by atoms with Gasteiger partial charge in [0.15, 0.2) is 0 Å². The summed E-state index contributed by atoms with van der Waals surface area (Å²) in [6.07, 6.45) is 13.0. The molecule has 0 radical (unpaired) electrons. The van der Waals surface area contributed by atoms with Crippen LogP contribution in [0.1, 0.15) is 64.7 Å². The smallest absolute Gasteiger partial charge is 0.0220 e. The van der Waals surface area contributed by atoms with Gasteiger partial charge < -0.3 is 10.2 Å². The molecule has 0 aromatic rings. The lowest BCUT2D eigenvalue weighted by atomic mass is 9.96. The van der Waals surface area contributed by atoms with E-state index in [2.05, 4.69) is 24.2 Å². The molecule has 2 fully saturated rings. The molecule has 2 atom stereocenters. The minimum atomic E-state index is 0.741. The Morgan fingerprint density at radius 1 is 1.05 bits per heavy atom. The van der Waals surface area contributed by atoms with Gasteiger partial charge in [-0.25, -0.2) is 0 Å². The second-order valence-corrected chi connectivity index (χ2v) is 6.83. The summed E-state index contributed by atoms with van der Waals surface area (Å²) in [5, 5.41) is 3.61. The van der Waals surface area contributed by atoms with Gasteiger partial charge in [0.1, 0.15) is 0 Å². The number of likely N-dealkylation sites (tertiary alicyclic amines) is 1. The van der Waals surface area contributed by atoms with Crippen LogP contribution < -0.4 is 5.32 Å². The molecule has 1 N–H and O–H groups in total. The molecular formula is C17H34N2. The molecule has 2 unspecified atom stereocenters. The molecule has 2 aliphatic rings. The van der Waals surface area contributed by atoms with Crippen LogP contribution in [0.15, 0.2) is 0 Å². The van der Waals surface area contributed by atoms with Crippen molar-refractivity contribution in [2.45, 2.75) is 70.8 Å². The zero-order chi connectivity index (χ0) is 13.5. The van der Waals surface area contributed by atoms with Gasteiger partial charge in [-0.3, -0.25) is 0 Å². The number of hydrogen-bond donors (Lipinski definition) is 1. The first kappa shape index (κ1) is 15.3. The fourth-order valence-corrected chi connectivity index (χ4v) is 4.22. The highest BCUT2D eigenvalue weighted by molar-refractivity contribution is 4.83. The lowest BCUT2D eigenvalue weighted by Gasteiger charge is -2.30. The van der Waals surface area contributed by atoms with Crippen LogP contribution in [0.25, 0.3) is 0 Å². The lowest BCUT2D eigenvalue weighted by Crippen LogP contribution is -2.43. The van der Waals surface area contributed by atoms with Crippen molar-refractivity contribution in [3.63, 3.8) is 0 Å². The highest BCUT2D eigenvalue weighted by Gasteiger charge is 2.26. The van der Waals surface area contributed by atoms with E-state index in [4.69, 9.17) is 0 Å². The van der Waals surface area contributed by atoms with Crippen molar-refractivity contribution in [2.24, 2.45) is 11.8 Å². The molecule has 0 aromatic heterocycles. The van der Waals surface area contributed by atoms with Gasteiger partial charge >= 0.3 is 0 Å². The molecule has 0 aromatic carbocycles. The number of nitrogens with one attached hydrogen (secondary N) is 1. The molecule has 2 nitrogen and oxygen atoms in total. The van der Waals surface area contributed by atoms with Gasteiger partial charge in [-0.05, 0) is 64.1 Å². The van der Waals surface area contributed by atoms with E-state index in [-0.39, 0.29) is 0 Å². The molecule has 1 aliphatic heterocycles. The van der Waals surface area contributed by atoms with Gasteiger partial charge in [0.25, 0.3) is 0 Å². The van der Waals surface area contributed by atoms with Crippen molar-refractivity contribution in [3.05, 3.63) is 0 Å². The number of rotatable bonds is 6. The monoisotopic (exact) mass is 266 g/mol. The molecule has 19 heavy (non-hydrogen) atoms. The van der Waals surface area contributed by atoms with Crippen molar-refractivity contribution in [1.82, 2.24) is 10.2 Å². The van der Waals surface area contributed by atoms with Crippen molar-refractivity contribution in [2.75, 3.05) is 26.7 Å². The first-order valence-electron chi connectivity index (χ1n) is 8.73.